The number of carbonyl (C=O) groups is 2. The molecule has 0 fully saturated rings. The van der Waals surface area contributed by atoms with Crippen LogP contribution in [-0.2, 0) is 20.7 Å². The van der Waals surface area contributed by atoms with E-state index < -0.39 is 16.4 Å². The smallest absolute Gasteiger partial charge is 0.228 e. The molecule has 0 aliphatic heterocycles. The average Bonchev–Trinajstić information content (AvgIpc) is 2.53. The summed E-state index contributed by atoms with van der Waals surface area (Å²) < 4.78 is 4.83. The molecule has 0 bridgehead atoms. The summed E-state index contributed by atoms with van der Waals surface area (Å²) in [5, 5.41) is -0.228. The van der Waals surface area contributed by atoms with Gasteiger partial charge in [0.1, 0.15) is 5.03 Å². The molecule has 1 aromatic carbocycles. The highest BCUT2D eigenvalue weighted by atomic mass is 35.5. The minimum atomic E-state index is -1.68. The molecule has 1 aromatic rings. The Labute approximate surface area is 114 Å². The molecule has 2 rings (SSSR count). The molecule has 0 aromatic heterocycles. The molecular weight excluding hydrogens is 275 g/mol. The quantitative estimate of drug-likeness (QED) is 0.633. The minimum absolute atomic E-state index is 0.0934. The van der Waals surface area contributed by atoms with E-state index in [2.05, 4.69) is 0 Å². The third kappa shape index (κ3) is 1.93. The lowest BCUT2D eigenvalue weighted by Gasteiger charge is -2.17. The standard InChI is InChI=1S/C13H10Cl2O3/c1-18-10-9(14)11(16)13(15,12(10)17)7-8-5-3-2-4-6-8/h2-6H,7H2,1H3. The van der Waals surface area contributed by atoms with Gasteiger partial charge in [0.25, 0.3) is 0 Å². The molecule has 5 heteroatoms. The van der Waals surface area contributed by atoms with Crippen LogP contribution < -0.4 is 0 Å². The third-order valence-electron chi connectivity index (χ3n) is 2.82. The number of ether oxygens (including phenoxy) is 1. The maximum absolute atomic E-state index is 12.1. The summed E-state index contributed by atoms with van der Waals surface area (Å²) in [5.41, 5.74) is 0.788. The van der Waals surface area contributed by atoms with Crippen LogP contribution in [0.15, 0.2) is 41.1 Å². The Kier molecular flexibility index (Phi) is 3.46. The third-order valence-corrected chi connectivity index (χ3v) is 3.64. The van der Waals surface area contributed by atoms with Crippen molar-refractivity contribution in [2.75, 3.05) is 7.11 Å². The largest absolute Gasteiger partial charge is 0.491 e. The fourth-order valence-electron chi connectivity index (χ4n) is 1.88. The first-order valence-corrected chi connectivity index (χ1v) is 6.02. The van der Waals surface area contributed by atoms with Gasteiger partial charge in [0, 0.05) is 6.42 Å². The van der Waals surface area contributed by atoms with Crippen LogP contribution in [-0.4, -0.2) is 23.6 Å². The predicted molar refractivity (Wildman–Crippen MR) is 68.6 cm³/mol. The van der Waals surface area contributed by atoms with Gasteiger partial charge in [-0.3, -0.25) is 9.59 Å². The highest BCUT2D eigenvalue weighted by Crippen LogP contribution is 2.38. The van der Waals surface area contributed by atoms with Crippen LogP contribution >= 0.6 is 23.2 Å². The van der Waals surface area contributed by atoms with Crippen molar-refractivity contribution in [1.82, 2.24) is 0 Å². The number of rotatable bonds is 3. The zero-order valence-corrected chi connectivity index (χ0v) is 11.1. The van der Waals surface area contributed by atoms with Gasteiger partial charge in [-0.1, -0.05) is 41.9 Å². The summed E-state index contributed by atoms with van der Waals surface area (Å²) in [5.74, 6) is -1.34. The van der Waals surface area contributed by atoms with Crippen molar-refractivity contribution in [3.63, 3.8) is 0 Å². The molecule has 0 spiro atoms. The van der Waals surface area contributed by atoms with Crippen LogP contribution in [0.4, 0.5) is 0 Å². The van der Waals surface area contributed by atoms with E-state index in [1.807, 2.05) is 18.2 Å². The highest BCUT2D eigenvalue weighted by molar-refractivity contribution is 6.62. The lowest BCUT2D eigenvalue weighted by Crippen LogP contribution is -2.39. The van der Waals surface area contributed by atoms with Crippen molar-refractivity contribution >= 4 is 34.8 Å². The lowest BCUT2D eigenvalue weighted by molar-refractivity contribution is -0.125. The van der Waals surface area contributed by atoms with Crippen molar-refractivity contribution in [3.8, 4) is 0 Å². The van der Waals surface area contributed by atoms with Crippen LogP contribution in [0.25, 0.3) is 0 Å². The summed E-state index contributed by atoms with van der Waals surface area (Å²) in [6.45, 7) is 0. The van der Waals surface area contributed by atoms with E-state index in [0.717, 1.165) is 5.56 Å². The summed E-state index contributed by atoms with van der Waals surface area (Å²) in [6, 6.07) is 9.05. The lowest BCUT2D eigenvalue weighted by atomic mass is 9.94. The fraction of sp³-hybridized carbons (Fsp3) is 0.231. The Balaban J connectivity index is 2.34. The molecule has 1 aliphatic carbocycles. The first kappa shape index (κ1) is 13.1. The van der Waals surface area contributed by atoms with Crippen molar-refractivity contribution in [2.45, 2.75) is 11.3 Å². The monoisotopic (exact) mass is 284 g/mol. The van der Waals surface area contributed by atoms with Crippen LogP contribution in [0.5, 0.6) is 0 Å². The van der Waals surface area contributed by atoms with Gasteiger partial charge in [-0.2, -0.15) is 0 Å². The Morgan fingerprint density at radius 2 is 1.78 bits per heavy atom. The Morgan fingerprint density at radius 1 is 1.17 bits per heavy atom. The minimum Gasteiger partial charge on any atom is -0.491 e. The SMILES string of the molecule is COC1=C(Cl)C(=O)C(Cl)(Cc2ccccc2)C1=O. The number of ketones is 2. The van der Waals surface area contributed by atoms with Gasteiger partial charge in [0.15, 0.2) is 10.6 Å². The summed E-state index contributed by atoms with van der Waals surface area (Å²) >= 11 is 11.9. The van der Waals surface area contributed by atoms with Gasteiger partial charge in [-0.25, -0.2) is 0 Å². The van der Waals surface area contributed by atoms with E-state index in [1.165, 1.54) is 7.11 Å². The summed E-state index contributed by atoms with van der Waals surface area (Å²) in [4.78, 5) is 22.4. The van der Waals surface area contributed by atoms with Crippen LogP contribution in [0.1, 0.15) is 5.56 Å². The molecular formula is C13H10Cl2O3. The van der Waals surface area contributed by atoms with E-state index >= 15 is 0 Å². The number of benzene rings is 1. The zero-order valence-electron chi connectivity index (χ0n) is 9.57. The maximum atomic E-state index is 12.1. The fourth-order valence-corrected chi connectivity index (χ4v) is 2.59. The molecule has 0 amide bonds. The van der Waals surface area contributed by atoms with Crippen molar-refractivity contribution in [2.24, 2.45) is 0 Å². The van der Waals surface area contributed by atoms with Gasteiger partial charge in [0.2, 0.25) is 11.6 Å². The molecule has 1 aliphatic rings. The molecule has 18 heavy (non-hydrogen) atoms. The van der Waals surface area contributed by atoms with Crippen molar-refractivity contribution in [3.05, 3.63) is 46.7 Å². The Morgan fingerprint density at radius 3 is 2.28 bits per heavy atom. The summed E-state index contributed by atoms with van der Waals surface area (Å²) in [6.07, 6.45) is 0.0934. The maximum Gasteiger partial charge on any atom is 0.228 e. The second-order valence-corrected chi connectivity index (χ2v) is 4.99. The number of halogens is 2. The molecule has 0 N–H and O–H groups in total. The second-order valence-electron chi connectivity index (χ2n) is 3.97. The van der Waals surface area contributed by atoms with Gasteiger partial charge >= 0.3 is 0 Å². The van der Waals surface area contributed by atoms with Crippen LogP contribution in [0.2, 0.25) is 0 Å². The molecule has 1 atom stereocenters. The topological polar surface area (TPSA) is 43.4 Å². The molecule has 0 saturated carbocycles. The van der Waals surface area contributed by atoms with Gasteiger partial charge < -0.3 is 4.74 Å². The number of hydrogen-bond acceptors (Lipinski definition) is 3. The molecule has 1 unspecified atom stereocenters. The molecule has 0 saturated heterocycles. The second kappa shape index (κ2) is 4.75. The highest BCUT2D eigenvalue weighted by Gasteiger charge is 2.54. The Bertz CT molecular complexity index is 536. The zero-order chi connectivity index (χ0) is 13.3. The molecule has 0 heterocycles. The van der Waals surface area contributed by atoms with Gasteiger partial charge in [-0.05, 0) is 5.56 Å². The van der Waals surface area contributed by atoms with Crippen molar-refractivity contribution in [1.29, 1.82) is 0 Å². The van der Waals surface area contributed by atoms with Crippen molar-refractivity contribution < 1.29 is 14.3 Å². The number of carbonyl (C=O) groups excluding carboxylic acids is 2. The number of allylic oxidation sites excluding steroid dienone is 2. The predicted octanol–water partition coefficient (Wildman–Crippen LogP) is 2.46. The average molecular weight is 285 g/mol. The number of methoxy groups -OCH3 is 1. The first-order chi connectivity index (χ1) is 8.50. The normalized spacial score (nSPS) is 23.7. The van der Waals surface area contributed by atoms with E-state index in [9.17, 15) is 9.59 Å². The van der Waals surface area contributed by atoms with Crippen LogP contribution in [0.3, 0.4) is 0 Å². The first-order valence-electron chi connectivity index (χ1n) is 5.27. The molecule has 3 nitrogen and oxygen atoms in total. The number of alkyl halides is 1. The molecule has 0 radical (unpaired) electrons. The molecule has 94 valence electrons. The van der Waals surface area contributed by atoms with E-state index in [-0.39, 0.29) is 17.2 Å². The van der Waals surface area contributed by atoms with Gasteiger partial charge in [-0.15, -0.1) is 11.6 Å². The van der Waals surface area contributed by atoms with E-state index in [0.29, 0.717) is 0 Å². The summed E-state index contributed by atoms with van der Waals surface area (Å²) in [7, 11) is 1.29. The Hall–Kier alpha value is -1.32. The number of hydrogen-bond donors (Lipinski definition) is 0. The van der Waals surface area contributed by atoms with E-state index in [1.54, 1.807) is 12.1 Å². The van der Waals surface area contributed by atoms with E-state index in [4.69, 9.17) is 27.9 Å². The van der Waals surface area contributed by atoms with Gasteiger partial charge in [0.05, 0.1) is 7.11 Å². The number of Topliss-reactive ketones (excluding diaryl/α,β-unsaturated/α-hetero) is 2. The van der Waals surface area contributed by atoms with Crippen LogP contribution in [0, 0.1) is 0 Å².